The van der Waals surface area contributed by atoms with Gasteiger partial charge in [0.15, 0.2) is 0 Å². The summed E-state index contributed by atoms with van der Waals surface area (Å²) >= 11 is 5.52. The fourth-order valence-corrected chi connectivity index (χ4v) is 4.34. The van der Waals surface area contributed by atoms with E-state index in [2.05, 4.69) is 14.4 Å². The van der Waals surface area contributed by atoms with Gasteiger partial charge in [0, 0.05) is 30.2 Å². The largest absolute Gasteiger partial charge is 0.579 e. The molecular formula is C14H14ClFN4O2S2. The lowest BCUT2D eigenvalue weighted by atomic mass is 10.1. The molecule has 1 saturated heterocycles. The number of carbonyl (C=O) groups excluding carboxylic acids is 1. The maximum atomic E-state index is 13.2. The number of hydrogen-bond donors (Lipinski definition) is 2. The van der Waals surface area contributed by atoms with E-state index in [1.807, 2.05) is 6.07 Å². The van der Waals surface area contributed by atoms with E-state index in [0.29, 0.717) is 12.1 Å². The minimum atomic E-state index is -1.50. The molecule has 0 spiro atoms. The van der Waals surface area contributed by atoms with Crippen LogP contribution in [-0.4, -0.2) is 32.2 Å². The minimum Gasteiger partial charge on any atom is -0.579 e. The van der Waals surface area contributed by atoms with Crippen molar-refractivity contribution in [2.24, 2.45) is 0 Å². The van der Waals surface area contributed by atoms with Crippen molar-refractivity contribution in [2.45, 2.75) is 18.5 Å². The number of nitrogens with zero attached hydrogens (tertiary/aromatic N) is 2. The molecular weight excluding hydrogens is 375 g/mol. The van der Waals surface area contributed by atoms with Crippen LogP contribution in [0.3, 0.4) is 0 Å². The molecule has 2 heterocycles. The molecule has 2 N–H and O–H groups in total. The summed E-state index contributed by atoms with van der Waals surface area (Å²) in [6, 6.07) is 4.96. The Bertz CT molecular complexity index is 734. The number of anilines is 1. The highest BCUT2D eigenvalue weighted by molar-refractivity contribution is 7.87. The van der Waals surface area contributed by atoms with Gasteiger partial charge in [0.25, 0.3) is 0 Å². The van der Waals surface area contributed by atoms with Crippen molar-refractivity contribution in [1.82, 2.24) is 13.4 Å². The van der Waals surface area contributed by atoms with Gasteiger partial charge >= 0.3 is 0 Å². The van der Waals surface area contributed by atoms with Gasteiger partial charge in [-0.1, -0.05) is 15.9 Å². The number of halogens is 2. The molecule has 1 amide bonds. The highest BCUT2D eigenvalue weighted by Crippen LogP contribution is 2.30. The summed E-state index contributed by atoms with van der Waals surface area (Å²) in [5.41, 5.74) is 0.387. The number of aromatic nitrogens is 1. The number of likely N-dealkylation sites (N-methyl/N-ethyl adjacent to an activating group) is 1. The molecule has 3 atom stereocenters. The maximum Gasteiger partial charge on any atom is 0.246 e. The first-order valence-corrected chi connectivity index (χ1v) is 9.29. The summed E-state index contributed by atoms with van der Waals surface area (Å²) in [6.07, 6.45) is 2.10. The Hall–Kier alpha value is -1.23. The Morgan fingerprint density at radius 2 is 2.38 bits per heavy atom. The normalized spacial score (nSPS) is 24.8. The smallest absolute Gasteiger partial charge is 0.246 e. The zero-order valence-corrected chi connectivity index (χ0v) is 14.9. The lowest BCUT2D eigenvalue weighted by Crippen LogP contribution is -2.55. The zero-order valence-electron chi connectivity index (χ0n) is 12.5. The van der Waals surface area contributed by atoms with Crippen LogP contribution >= 0.6 is 23.1 Å². The number of rotatable bonds is 3. The molecule has 0 saturated carbocycles. The quantitative estimate of drug-likeness (QED) is 0.789. The highest BCUT2D eigenvalue weighted by Gasteiger charge is 2.41. The summed E-state index contributed by atoms with van der Waals surface area (Å²) in [7, 11) is 1.61. The van der Waals surface area contributed by atoms with Crippen LogP contribution < -0.4 is 10.0 Å². The summed E-state index contributed by atoms with van der Waals surface area (Å²) in [4.78, 5) is 13.5. The molecule has 1 aliphatic heterocycles. The topological polar surface area (TPSA) is 80.3 Å². The van der Waals surface area contributed by atoms with Crippen molar-refractivity contribution >= 4 is 46.3 Å². The molecule has 2 aromatic rings. The van der Waals surface area contributed by atoms with E-state index >= 15 is 0 Å². The van der Waals surface area contributed by atoms with Crippen molar-refractivity contribution < 1.29 is 13.7 Å². The number of carbonyl (C=O) groups is 1. The number of amides is 1. The lowest BCUT2D eigenvalue weighted by molar-refractivity contribution is -0.120. The fraction of sp³-hybridized carbons (Fsp3) is 0.286. The Morgan fingerprint density at radius 1 is 1.58 bits per heavy atom. The molecule has 3 rings (SSSR count). The lowest BCUT2D eigenvalue weighted by Gasteiger charge is -2.35. The van der Waals surface area contributed by atoms with Crippen LogP contribution in [0, 0.1) is 5.82 Å². The molecule has 6 nitrogen and oxygen atoms in total. The van der Waals surface area contributed by atoms with Gasteiger partial charge in [-0.2, -0.15) is 0 Å². The molecule has 0 bridgehead atoms. The predicted octanol–water partition coefficient (Wildman–Crippen LogP) is 2.49. The summed E-state index contributed by atoms with van der Waals surface area (Å²) in [5.74, 6) is -0.885. The molecule has 128 valence electrons. The Balaban J connectivity index is 1.75. The van der Waals surface area contributed by atoms with Crippen LogP contribution in [0.5, 0.6) is 0 Å². The van der Waals surface area contributed by atoms with Gasteiger partial charge in [-0.25, -0.2) is 8.76 Å². The van der Waals surface area contributed by atoms with E-state index in [9.17, 15) is 13.7 Å². The molecule has 1 aliphatic rings. The molecule has 3 unspecified atom stereocenters. The Kier molecular flexibility index (Phi) is 5.38. The van der Waals surface area contributed by atoms with Crippen LogP contribution in [0.4, 0.5) is 10.1 Å². The number of hydrogen-bond acceptors (Lipinski definition) is 6. The van der Waals surface area contributed by atoms with Crippen molar-refractivity contribution in [3.8, 4) is 0 Å². The van der Waals surface area contributed by atoms with Gasteiger partial charge in [-0.3, -0.25) is 4.79 Å². The second-order valence-electron chi connectivity index (χ2n) is 5.25. The number of benzene rings is 1. The minimum absolute atomic E-state index is 0.0717. The standard InChI is InChI=1S/C14H14ClFN4O2S2/c1-20-12(7-11(19-24(20)22)13-4-5-17-23-13)14(21)18-8-2-3-10(16)9(15)6-8/h2-6,11-12,19H,7H2,1H3,(H,18,21). The number of nitrogens with one attached hydrogen (secondary N) is 2. The van der Waals surface area contributed by atoms with Crippen molar-refractivity contribution in [2.75, 3.05) is 12.4 Å². The Morgan fingerprint density at radius 3 is 3.04 bits per heavy atom. The van der Waals surface area contributed by atoms with Gasteiger partial charge in [0.1, 0.15) is 23.4 Å². The molecule has 1 fully saturated rings. The van der Waals surface area contributed by atoms with Crippen LogP contribution in [0.15, 0.2) is 30.5 Å². The third-order valence-corrected chi connectivity index (χ3v) is 6.11. The fourth-order valence-electron chi connectivity index (χ4n) is 2.39. The molecule has 24 heavy (non-hydrogen) atoms. The third-order valence-electron chi connectivity index (χ3n) is 3.69. The van der Waals surface area contributed by atoms with Crippen molar-refractivity contribution in [3.63, 3.8) is 0 Å². The first-order chi connectivity index (χ1) is 11.5. The molecule has 0 aliphatic carbocycles. The van der Waals surface area contributed by atoms with Gasteiger partial charge < -0.3 is 9.87 Å². The molecule has 0 radical (unpaired) electrons. The second-order valence-corrected chi connectivity index (χ2v) is 7.83. The van der Waals surface area contributed by atoms with E-state index in [4.69, 9.17) is 11.6 Å². The summed E-state index contributed by atoms with van der Waals surface area (Å²) in [6.45, 7) is 0. The van der Waals surface area contributed by atoms with Gasteiger partial charge in [-0.05, 0) is 35.8 Å². The summed E-state index contributed by atoms with van der Waals surface area (Å²) < 4.78 is 33.9. The monoisotopic (exact) mass is 388 g/mol. The predicted molar refractivity (Wildman–Crippen MR) is 92.3 cm³/mol. The maximum absolute atomic E-state index is 13.2. The van der Waals surface area contributed by atoms with Crippen molar-refractivity contribution in [3.05, 3.63) is 46.2 Å². The molecule has 1 aromatic heterocycles. The Labute approximate surface area is 150 Å². The average Bonchev–Trinajstić information content (AvgIpc) is 3.08. The molecule has 10 heteroatoms. The first kappa shape index (κ1) is 17.6. The average molecular weight is 389 g/mol. The first-order valence-electron chi connectivity index (χ1n) is 7.03. The van der Waals surface area contributed by atoms with E-state index in [0.717, 1.165) is 4.88 Å². The second kappa shape index (κ2) is 7.34. The van der Waals surface area contributed by atoms with Crippen molar-refractivity contribution in [1.29, 1.82) is 0 Å². The van der Waals surface area contributed by atoms with Gasteiger partial charge in [-0.15, -0.1) is 4.72 Å². The van der Waals surface area contributed by atoms with Crippen LogP contribution in [0.1, 0.15) is 17.3 Å². The van der Waals surface area contributed by atoms with Crippen LogP contribution in [-0.2, 0) is 16.3 Å². The van der Waals surface area contributed by atoms with Crippen LogP contribution in [0.2, 0.25) is 5.02 Å². The van der Waals surface area contributed by atoms with Gasteiger partial charge in [0.2, 0.25) is 5.91 Å². The SMILES string of the molecule is CN1C(C(=O)Nc2ccc(F)c(Cl)c2)CC(c2ccns2)N[S+]1[O-]. The molecule has 1 aromatic carbocycles. The van der Waals surface area contributed by atoms with E-state index in [1.54, 1.807) is 13.2 Å². The van der Waals surface area contributed by atoms with E-state index < -0.39 is 23.4 Å². The van der Waals surface area contributed by atoms with E-state index in [1.165, 1.54) is 34.0 Å². The zero-order chi connectivity index (χ0) is 17.3. The third kappa shape index (κ3) is 3.71. The van der Waals surface area contributed by atoms with E-state index in [-0.39, 0.29) is 17.0 Å². The highest BCUT2D eigenvalue weighted by atomic mass is 35.5. The van der Waals surface area contributed by atoms with Crippen LogP contribution in [0.25, 0.3) is 0 Å². The summed E-state index contributed by atoms with van der Waals surface area (Å²) in [5, 5.41) is 2.62. The van der Waals surface area contributed by atoms with Gasteiger partial charge in [0.05, 0.1) is 11.1 Å².